The number of hydrogen-bond acceptors (Lipinski definition) is 5. The summed E-state index contributed by atoms with van der Waals surface area (Å²) in [6.07, 6.45) is 1.51. The summed E-state index contributed by atoms with van der Waals surface area (Å²) in [5, 5.41) is 4.07. The zero-order chi connectivity index (χ0) is 13.8. The summed E-state index contributed by atoms with van der Waals surface area (Å²) >= 11 is 0. The molecule has 0 unspecified atom stereocenters. The van der Waals surface area contributed by atoms with Crippen LogP contribution in [0.25, 0.3) is 0 Å². The quantitative estimate of drug-likeness (QED) is 0.724. The lowest BCUT2D eigenvalue weighted by molar-refractivity contribution is 0.0294. The fraction of sp³-hybridized carbons (Fsp3) is 0.583. The fourth-order valence-electron chi connectivity index (χ4n) is 1.92. The summed E-state index contributed by atoms with van der Waals surface area (Å²) in [6, 6.07) is 0. The molecule has 7 nitrogen and oxygen atoms in total. The lowest BCUT2D eigenvalue weighted by Crippen LogP contribution is -2.41. The van der Waals surface area contributed by atoms with E-state index >= 15 is 0 Å². The van der Waals surface area contributed by atoms with Gasteiger partial charge in [0.1, 0.15) is 5.56 Å². The van der Waals surface area contributed by atoms with Crippen molar-refractivity contribution in [3.63, 3.8) is 0 Å². The van der Waals surface area contributed by atoms with Crippen LogP contribution >= 0.6 is 0 Å². The molecule has 0 aromatic carbocycles. The van der Waals surface area contributed by atoms with Crippen LogP contribution in [0.15, 0.2) is 6.20 Å². The van der Waals surface area contributed by atoms with Gasteiger partial charge in [-0.25, -0.2) is 4.79 Å². The molecule has 104 valence electrons. The summed E-state index contributed by atoms with van der Waals surface area (Å²) in [7, 11) is 1.67. The van der Waals surface area contributed by atoms with Crippen LogP contribution in [0.2, 0.25) is 0 Å². The van der Waals surface area contributed by atoms with Crippen LogP contribution in [0, 0.1) is 0 Å². The second-order valence-electron chi connectivity index (χ2n) is 4.19. The van der Waals surface area contributed by atoms with E-state index in [1.807, 2.05) is 0 Å². The highest BCUT2D eigenvalue weighted by molar-refractivity contribution is 6.03. The van der Waals surface area contributed by atoms with Crippen molar-refractivity contribution in [2.75, 3.05) is 32.9 Å². The molecule has 1 aromatic rings. The van der Waals surface area contributed by atoms with E-state index in [4.69, 9.17) is 9.47 Å². The molecule has 0 N–H and O–H groups in total. The van der Waals surface area contributed by atoms with Gasteiger partial charge in [-0.15, -0.1) is 0 Å². The molecule has 1 saturated heterocycles. The Balaban J connectivity index is 2.23. The minimum atomic E-state index is -0.521. The molecule has 2 rings (SSSR count). The number of amides is 1. The zero-order valence-electron chi connectivity index (χ0n) is 11.1. The predicted octanol–water partition coefficient (Wildman–Crippen LogP) is 0.0692. The number of aromatic nitrogens is 2. The Hall–Kier alpha value is -1.89. The lowest BCUT2D eigenvalue weighted by atomic mass is 10.2. The van der Waals surface area contributed by atoms with Gasteiger partial charge in [-0.1, -0.05) is 0 Å². The Morgan fingerprint density at radius 1 is 1.42 bits per heavy atom. The van der Waals surface area contributed by atoms with Gasteiger partial charge in [-0.05, 0) is 6.92 Å². The van der Waals surface area contributed by atoms with E-state index < -0.39 is 5.97 Å². The van der Waals surface area contributed by atoms with Crippen LogP contribution in [0.4, 0.5) is 0 Å². The Kier molecular flexibility index (Phi) is 4.16. The van der Waals surface area contributed by atoms with Crippen LogP contribution < -0.4 is 0 Å². The average Bonchev–Trinajstić information content (AvgIpc) is 2.81. The summed E-state index contributed by atoms with van der Waals surface area (Å²) < 4.78 is 11.6. The minimum Gasteiger partial charge on any atom is -0.462 e. The Bertz CT molecular complexity index is 477. The van der Waals surface area contributed by atoms with Crippen molar-refractivity contribution in [3.8, 4) is 0 Å². The van der Waals surface area contributed by atoms with E-state index in [9.17, 15) is 9.59 Å². The normalized spacial score (nSPS) is 15.4. The summed E-state index contributed by atoms with van der Waals surface area (Å²) in [5.41, 5.74) is 0.351. The van der Waals surface area contributed by atoms with E-state index in [2.05, 4.69) is 5.10 Å². The van der Waals surface area contributed by atoms with Crippen LogP contribution in [0.5, 0.6) is 0 Å². The van der Waals surface area contributed by atoms with Gasteiger partial charge in [0.05, 0.1) is 19.8 Å². The topological polar surface area (TPSA) is 73.7 Å². The van der Waals surface area contributed by atoms with Gasteiger partial charge >= 0.3 is 5.97 Å². The Morgan fingerprint density at radius 2 is 2.11 bits per heavy atom. The van der Waals surface area contributed by atoms with Crippen molar-refractivity contribution in [1.29, 1.82) is 0 Å². The maximum Gasteiger partial charge on any atom is 0.342 e. The smallest absolute Gasteiger partial charge is 0.342 e. The Labute approximate surface area is 111 Å². The number of carbonyl (C=O) groups excluding carboxylic acids is 2. The molecule has 0 aliphatic carbocycles. The molecule has 7 heteroatoms. The lowest BCUT2D eigenvalue weighted by Gasteiger charge is -2.26. The molecule has 19 heavy (non-hydrogen) atoms. The molecule has 1 aliphatic heterocycles. The first-order valence-corrected chi connectivity index (χ1v) is 6.21. The fourth-order valence-corrected chi connectivity index (χ4v) is 1.92. The summed E-state index contributed by atoms with van der Waals surface area (Å²) in [6.45, 7) is 4.02. The summed E-state index contributed by atoms with van der Waals surface area (Å²) in [5.74, 6) is -0.779. The molecule has 0 bridgehead atoms. The van der Waals surface area contributed by atoms with E-state index in [1.165, 1.54) is 10.9 Å². The van der Waals surface area contributed by atoms with Crippen LogP contribution in [0.1, 0.15) is 27.8 Å². The van der Waals surface area contributed by atoms with Crippen molar-refractivity contribution < 1.29 is 19.1 Å². The maximum atomic E-state index is 12.3. The molecule has 1 fully saturated rings. The third-order valence-corrected chi connectivity index (χ3v) is 2.83. The first kappa shape index (κ1) is 13.5. The number of aryl methyl sites for hydroxylation is 1. The van der Waals surface area contributed by atoms with Gasteiger partial charge in [0.15, 0.2) is 5.69 Å². The highest BCUT2D eigenvalue weighted by atomic mass is 16.5. The van der Waals surface area contributed by atoms with E-state index in [0.717, 1.165) is 0 Å². The second-order valence-corrected chi connectivity index (χ2v) is 4.19. The van der Waals surface area contributed by atoms with Gasteiger partial charge < -0.3 is 14.4 Å². The number of carbonyl (C=O) groups is 2. The standard InChI is InChI=1S/C12H17N3O4/c1-3-19-12(17)9-8-14(2)13-10(9)11(16)15-4-6-18-7-5-15/h8H,3-7H2,1-2H3. The molecule has 1 amide bonds. The van der Waals surface area contributed by atoms with Crippen LogP contribution in [-0.2, 0) is 16.5 Å². The molecule has 0 spiro atoms. The van der Waals surface area contributed by atoms with Gasteiger partial charge in [0.2, 0.25) is 0 Å². The predicted molar refractivity (Wildman–Crippen MR) is 65.9 cm³/mol. The number of hydrogen-bond donors (Lipinski definition) is 0. The summed E-state index contributed by atoms with van der Waals surface area (Å²) in [4.78, 5) is 25.8. The Morgan fingerprint density at radius 3 is 2.74 bits per heavy atom. The molecule has 1 aromatic heterocycles. The first-order chi connectivity index (χ1) is 9.13. The zero-order valence-corrected chi connectivity index (χ0v) is 11.1. The van der Waals surface area contributed by atoms with Crippen molar-refractivity contribution in [3.05, 3.63) is 17.5 Å². The van der Waals surface area contributed by atoms with Crippen molar-refractivity contribution in [2.24, 2.45) is 7.05 Å². The molecule has 2 heterocycles. The van der Waals surface area contributed by atoms with Crippen molar-refractivity contribution >= 4 is 11.9 Å². The third kappa shape index (κ3) is 2.93. The number of nitrogens with zero attached hydrogens (tertiary/aromatic N) is 3. The van der Waals surface area contributed by atoms with E-state index in [1.54, 1.807) is 18.9 Å². The molecular weight excluding hydrogens is 250 g/mol. The number of rotatable bonds is 3. The SMILES string of the molecule is CCOC(=O)c1cn(C)nc1C(=O)N1CCOCC1. The largest absolute Gasteiger partial charge is 0.462 e. The molecule has 0 radical (unpaired) electrons. The monoisotopic (exact) mass is 267 g/mol. The number of ether oxygens (including phenoxy) is 2. The van der Waals surface area contributed by atoms with Gasteiger partial charge in [0.25, 0.3) is 5.91 Å². The highest BCUT2D eigenvalue weighted by Gasteiger charge is 2.27. The van der Waals surface area contributed by atoms with E-state index in [0.29, 0.717) is 26.3 Å². The van der Waals surface area contributed by atoms with Crippen molar-refractivity contribution in [1.82, 2.24) is 14.7 Å². The molecular formula is C12H17N3O4. The molecule has 1 aliphatic rings. The van der Waals surface area contributed by atoms with Crippen LogP contribution in [-0.4, -0.2) is 59.5 Å². The van der Waals surface area contributed by atoms with Gasteiger partial charge in [-0.2, -0.15) is 5.10 Å². The number of morpholine rings is 1. The third-order valence-electron chi connectivity index (χ3n) is 2.83. The molecule has 0 atom stereocenters. The number of esters is 1. The van der Waals surface area contributed by atoms with Gasteiger partial charge in [0, 0.05) is 26.3 Å². The first-order valence-electron chi connectivity index (χ1n) is 6.21. The highest BCUT2D eigenvalue weighted by Crippen LogP contribution is 2.12. The molecule has 0 saturated carbocycles. The van der Waals surface area contributed by atoms with Gasteiger partial charge in [-0.3, -0.25) is 9.48 Å². The van der Waals surface area contributed by atoms with Crippen LogP contribution in [0.3, 0.4) is 0 Å². The van der Waals surface area contributed by atoms with Crippen molar-refractivity contribution in [2.45, 2.75) is 6.92 Å². The minimum absolute atomic E-state index is 0.142. The van der Waals surface area contributed by atoms with E-state index in [-0.39, 0.29) is 23.8 Å². The second kappa shape index (κ2) is 5.83. The maximum absolute atomic E-state index is 12.3. The average molecular weight is 267 g/mol.